The Hall–Kier alpha value is -1.04. The zero-order valence-electron chi connectivity index (χ0n) is 7.30. The zero-order valence-corrected chi connectivity index (χ0v) is 7.30. The van der Waals surface area contributed by atoms with Crippen molar-refractivity contribution in [3.8, 4) is 5.75 Å². The average Bonchev–Trinajstić information content (AvgIpc) is 2.03. The maximum atomic E-state index is 5.58. The summed E-state index contributed by atoms with van der Waals surface area (Å²) in [6.45, 7) is 0.230. The van der Waals surface area contributed by atoms with Gasteiger partial charge in [-0.05, 0) is 0 Å². The van der Waals surface area contributed by atoms with E-state index in [9.17, 15) is 0 Å². The molecule has 5 heteroatoms. The number of hydrogen-bond acceptors (Lipinski definition) is 4. The fourth-order valence-corrected chi connectivity index (χ4v) is 0.734. The van der Waals surface area contributed by atoms with E-state index in [-0.39, 0.29) is 17.7 Å². The van der Waals surface area contributed by atoms with E-state index in [2.05, 4.69) is 0 Å². The van der Waals surface area contributed by atoms with Gasteiger partial charge < -0.3 is 11.0 Å². The van der Waals surface area contributed by atoms with Crippen LogP contribution in [0.3, 0.4) is 0 Å². The van der Waals surface area contributed by atoms with Gasteiger partial charge in [-0.1, -0.05) is 0 Å². The third-order valence-corrected chi connectivity index (χ3v) is 1.25. The molecule has 2 N–H and O–H groups in total. The molecule has 0 fully saturated rings. The van der Waals surface area contributed by atoms with Crippen LogP contribution < -0.4 is 10.2 Å². The third-order valence-electron chi connectivity index (χ3n) is 1.25. The van der Waals surface area contributed by atoms with Crippen molar-refractivity contribution in [2.45, 2.75) is 0 Å². The average molecular weight is 182 g/mol. The Kier molecular flexibility index (Phi) is 8.48. The summed E-state index contributed by atoms with van der Waals surface area (Å²) in [5.41, 5.74) is 0.629. The summed E-state index contributed by atoms with van der Waals surface area (Å²) < 4.78 is 9.86. The predicted molar refractivity (Wildman–Crippen MR) is 48.2 cm³/mol. The first-order valence-corrected chi connectivity index (χ1v) is 3.31. The molecule has 0 unspecified atom stereocenters. The molecule has 0 saturated heterocycles. The minimum absolute atomic E-state index is 0. The Morgan fingerprint density at radius 3 is 2.38 bits per heavy atom. The first-order valence-electron chi connectivity index (χ1n) is 3.31. The summed E-state index contributed by atoms with van der Waals surface area (Å²) in [5, 5.41) is 0. The quantitative estimate of drug-likeness (QED) is 0.490. The summed E-state index contributed by atoms with van der Waals surface area (Å²) in [4.78, 5) is 0. The molecule has 0 aromatic heterocycles. The molecule has 0 aliphatic carbocycles. The van der Waals surface area contributed by atoms with Crippen LogP contribution in [-0.2, 0) is 4.74 Å². The van der Waals surface area contributed by atoms with Crippen LogP contribution in [0, 0.1) is 0 Å². The van der Waals surface area contributed by atoms with E-state index in [1.807, 2.05) is 12.1 Å². The topological polar surface area (TPSA) is 78.5 Å². The Balaban J connectivity index is 0. The molecular weight excluding hydrogens is 171 g/mol. The third kappa shape index (κ3) is 4.52. The number of rotatable bonds is 3. The molecule has 1 aromatic carbocycles. The number of methoxy groups -OCH3 is 1. The van der Waals surface area contributed by atoms with Gasteiger partial charge in [0, 0.05) is 0 Å². The second-order valence-electron chi connectivity index (χ2n) is 2.09. The van der Waals surface area contributed by atoms with E-state index in [4.69, 9.17) is 17.3 Å². The van der Waals surface area contributed by atoms with Gasteiger partial charge >= 0.3 is 66.7 Å². The fraction of sp³-hybridized carbons (Fsp3) is 0.250. The number of hydrogen-bond donors (Lipinski definition) is 0. The van der Waals surface area contributed by atoms with E-state index in [0.29, 0.717) is 11.2 Å². The van der Waals surface area contributed by atoms with Crippen LogP contribution in [0.25, 0.3) is 0 Å². The normalized spacial score (nSPS) is 8.23. The SMILES string of the molecule is [B+2]c1ccccc1OCOC.[OH-].[OH-]. The Morgan fingerprint density at radius 1 is 1.23 bits per heavy atom. The van der Waals surface area contributed by atoms with Crippen molar-refractivity contribution in [2.24, 2.45) is 0 Å². The molecule has 1 rings (SSSR count). The molecule has 0 radical (unpaired) electrons. The number of para-hydroxylation sites is 1. The molecule has 1 aromatic rings. The standard InChI is InChI=1S/C8H9BO2.2H2O/c1-10-6-11-8-5-3-2-4-7(8)9;;/h2-5H,6H2,1H3;2*1H2/q+2;;/p-2. The largest absolute Gasteiger partial charge is 0.870 e. The van der Waals surface area contributed by atoms with Crippen molar-refractivity contribution in [1.82, 2.24) is 0 Å². The van der Waals surface area contributed by atoms with E-state index in [1.165, 1.54) is 0 Å². The van der Waals surface area contributed by atoms with E-state index < -0.39 is 0 Å². The zero-order chi connectivity index (χ0) is 8.10. The predicted octanol–water partition coefficient (Wildman–Crippen LogP) is 0.109. The van der Waals surface area contributed by atoms with Crippen molar-refractivity contribution in [1.29, 1.82) is 0 Å². The smallest absolute Gasteiger partial charge is 0.870 e. The van der Waals surface area contributed by atoms with Crippen molar-refractivity contribution >= 4 is 13.3 Å². The Labute approximate surface area is 78.5 Å². The van der Waals surface area contributed by atoms with Crippen molar-refractivity contribution in [2.75, 3.05) is 13.9 Å². The molecule has 4 nitrogen and oxygen atoms in total. The summed E-state index contributed by atoms with van der Waals surface area (Å²) in [5.74, 6) is 0.661. The molecule has 0 heterocycles. The molecule has 0 aliphatic rings. The molecular formula is C8H11BO4. The molecule has 0 amide bonds. The van der Waals surface area contributed by atoms with Crippen LogP contribution in [-0.4, -0.2) is 32.7 Å². The number of ether oxygens (including phenoxy) is 2. The minimum Gasteiger partial charge on any atom is -0.870 e. The van der Waals surface area contributed by atoms with Gasteiger partial charge in [-0.15, -0.1) is 0 Å². The molecule has 0 bridgehead atoms. The van der Waals surface area contributed by atoms with Crippen LogP contribution in [0.15, 0.2) is 24.3 Å². The van der Waals surface area contributed by atoms with Gasteiger partial charge in [0.05, 0.1) is 0 Å². The summed E-state index contributed by atoms with van der Waals surface area (Å²) in [7, 11) is 7.15. The van der Waals surface area contributed by atoms with Gasteiger partial charge in [0.1, 0.15) is 0 Å². The molecule has 0 aliphatic heterocycles. The van der Waals surface area contributed by atoms with Gasteiger partial charge in [-0.25, -0.2) is 0 Å². The van der Waals surface area contributed by atoms with E-state index in [0.717, 1.165) is 0 Å². The number of benzene rings is 1. The van der Waals surface area contributed by atoms with E-state index >= 15 is 0 Å². The molecule has 0 saturated carbocycles. The Morgan fingerprint density at radius 2 is 1.85 bits per heavy atom. The van der Waals surface area contributed by atoms with E-state index in [1.54, 1.807) is 19.2 Å². The van der Waals surface area contributed by atoms with Gasteiger partial charge in [0.15, 0.2) is 0 Å². The van der Waals surface area contributed by atoms with Gasteiger partial charge in [0.25, 0.3) is 0 Å². The van der Waals surface area contributed by atoms with Crippen LogP contribution >= 0.6 is 0 Å². The van der Waals surface area contributed by atoms with Crippen molar-refractivity contribution in [3.63, 3.8) is 0 Å². The molecule has 0 atom stereocenters. The summed E-state index contributed by atoms with van der Waals surface area (Å²) in [6, 6.07) is 7.30. The maximum absolute atomic E-state index is 5.58. The van der Waals surface area contributed by atoms with Gasteiger partial charge in [-0.3, -0.25) is 0 Å². The van der Waals surface area contributed by atoms with Crippen LogP contribution in [0.4, 0.5) is 0 Å². The Bertz CT molecular complexity index is 229. The van der Waals surface area contributed by atoms with Crippen molar-refractivity contribution < 1.29 is 20.4 Å². The first-order chi connectivity index (χ1) is 5.34. The summed E-state index contributed by atoms with van der Waals surface area (Å²) in [6.07, 6.45) is 0. The summed E-state index contributed by atoms with van der Waals surface area (Å²) >= 11 is 0. The van der Waals surface area contributed by atoms with Gasteiger partial charge in [0.2, 0.25) is 0 Å². The molecule has 13 heavy (non-hydrogen) atoms. The fourth-order valence-electron chi connectivity index (χ4n) is 0.734. The minimum atomic E-state index is 0. The molecule has 70 valence electrons. The van der Waals surface area contributed by atoms with Crippen LogP contribution in [0.5, 0.6) is 5.75 Å². The first kappa shape index (κ1) is 14.5. The second kappa shape index (κ2) is 7.61. The monoisotopic (exact) mass is 182 g/mol. The van der Waals surface area contributed by atoms with Crippen LogP contribution in [0.1, 0.15) is 0 Å². The molecule has 0 spiro atoms. The van der Waals surface area contributed by atoms with Crippen LogP contribution in [0.2, 0.25) is 0 Å². The maximum Gasteiger partial charge on any atom is -0.870 e. The second-order valence-corrected chi connectivity index (χ2v) is 2.09. The van der Waals surface area contributed by atoms with Crippen molar-refractivity contribution in [3.05, 3.63) is 24.3 Å². The van der Waals surface area contributed by atoms with Gasteiger partial charge in [-0.2, -0.15) is 0 Å².